The summed E-state index contributed by atoms with van der Waals surface area (Å²) in [5, 5.41) is 10.4. The Balaban J connectivity index is 3.33. The molecule has 0 radical (unpaired) electrons. The Morgan fingerprint density at radius 2 is 1.83 bits per heavy atom. The van der Waals surface area contributed by atoms with Crippen molar-refractivity contribution in [1.29, 1.82) is 0 Å². The molecule has 0 unspecified atom stereocenters. The quantitative estimate of drug-likeness (QED) is 0.351. The number of nitrogen functional groups attached to an aromatic ring is 2. The molecule has 0 fully saturated rings. The summed E-state index contributed by atoms with van der Waals surface area (Å²) in [6.07, 6.45) is 0. The van der Waals surface area contributed by atoms with Crippen LogP contribution in [0.3, 0.4) is 0 Å². The lowest BCUT2D eigenvalue weighted by Crippen LogP contribution is -1.98. The molecule has 64 valence electrons. The SMILES string of the molecule is Nc1cc(I)c([N+](=O)[O-])cc1N. The van der Waals surface area contributed by atoms with E-state index in [2.05, 4.69) is 0 Å². The average molecular weight is 279 g/mol. The van der Waals surface area contributed by atoms with E-state index in [9.17, 15) is 10.1 Å². The number of halogens is 1. The van der Waals surface area contributed by atoms with Gasteiger partial charge in [-0.1, -0.05) is 0 Å². The van der Waals surface area contributed by atoms with Gasteiger partial charge in [0.1, 0.15) is 0 Å². The van der Waals surface area contributed by atoms with Gasteiger partial charge in [-0.3, -0.25) is 10.1 Å². The van der Waals surface area contributed by atoms with Crippen LogP contribution in [0.4, 0.5) is 17.1 Å². The van der Waals surface area contributed by atoms with Crippen LogP contribution in [0.5, 0.6) is 0 Å². The highest BCUT2D eigenvalue weighted by Gasteiger charge is 2.13. The van der Waals surface area contributed by atoms with Crippen molar-refractivity contribution in [2.45, 2.75) is 0 Å². The maximum Gasteiger partial charge on any atom is 0.284 e. The zero-order valence-electron chi connectivity index (χ0n) is 5.95. The molecule has 5 nitrogen and oxygen atoms in total. The minimum absolute atomic E-state index is 0.0118. The fourth-order valence-corrected chi connectivity index (χ4v) is 1.42. The first-order valence-corrected chi connectivity index (χ1v) is 4.09. The van der Waals surface area contributed by atoms with E-state index in [1.54, 1.807) is 0 Å². The molecule has 0 aliphatic heterocycles. The molecule has 0 bridgehead atoms. The summed E-state index contributed by atoms with van der Waals surface area (Å²) in [4.78, 5) is 9.90. The number of nitrogens with two attached hydrogens (primary N) is 2. The van der Waals surface area contributed by atoms with Crippen LogP contribution in [0.25, 0.3) is 0 Å². The van der Waals surface area contributed by atoms with Gasteiger partial charge in [-0.2, -0.15) is 0 Å². The fourth-order valence-electron chi connectivity index (χ4n) is 0.733. The highest BCUT2D eigenvalue weighted by molar-refractivity contribution is 14.1. The molecule has 0 aromatic heterocycles. The van der Waals surface area contributed by atoms with Crippen LogP contribution in [0, 0.1) is 13.7 Å². The zero-order valence-corrected chi connectivity index (χ0v) is 8.11. The van der Waals surface area contributed by atoms with E-state index in [4.69, 9.17) is 11.5 Å². The van der Waals surface area contributed by atoms with Crippen molar-refractivity contribution in [3.05, 3.63) is 25.8 Å². The van der Waals surface area contributed by atoms with Crippen molar-refractivity contribution in [1.82, 2.24) is 0 Å². The van der Waals surface area contributed by atoms with Gasteiger partial charge in [-0.25, -0.2) is 0 Å². The van der Waals surface area contributed by atoms with Gasteiger partial charge in [0.05, 0.1) is 19.9 Å². The molecule has 0 saturated carbocycles. The molecular formula is C6H6IN3O2. The first-order valence-electron chi connectivity index (χ1n) is 3.01. The first-order chi connectivity index (χ1) is 5.52. The van der Waals surface area contributed by atoms with Gasteiger partial charge >= 0.3 is 0 Å². The average Bonchev–Trinajstić information content (AvgIpc) is 1.96. The molecule has 4 N–H and O–H groups in total. The standard InChI is InChI=1S/C6H6IN3O2/c7-3-1-4(8)5(9)2-6(3)10(11)12/h1-2H,8-9H2. The molecule has 6 heteroatoms. The lowest BCUT2D eigenvalue weighted by molar-refractivity contribution is -0.385. The number of nitro benzene ring substituents is 1. The molecule has 0 spiro atoms. The van der Waals surface area contributed by atoms with Crippen molar-refractivity contribution >= 4 is 39.7 Å². The lowest BCUT2D eigenvalue weighted by Gasteiger charge is -2.00. The van der Waals surface area contributed by atoms with E-state index in [0.717, 1.165) is 0 Å². The van der Waals surface area contributed by atoms with Crippen LogP contribution >= 0.6 is 22.6 Å². The summed E-state index contributed by atoms with van der Waals surface area (Å²) in [6, 6.07) is 2.74. The molecule has 0 heterocycles. The van der Waals surface area contributed by atoms with Gasteiger partial charge in [-0.05, 0) is 28.7 Å². The second-order valence-electron chi connectivity index (χ2n) is 2.19. The van der Waals surface area contributed by atoms with Crippen LogP contribution < -0.4 is 11.5 Å². The fraction of sp³-hybridized carbons (Fsp3) is 0. The van der Waals surface area contributed by atoms with Crippen molar-refractivity contribution < 1.29 is 4.92 Å². The molecule has 0 aliphatic carbocycles. The summed E-state index contributed by atoms with van der Waals surface area (Å²) in [6.45, 7) is 0. The van der Waals surface area contributed by atoms with Crippen molar-refractivity contribution in [3.63, 3.8) is 0 Å². The van der Waals surface area contributed by atoms with Crippen molar-refractivity contribution in [2.75, 3.05) is 11.5 Å². The highest BCUT2D eigenvalue weighted by atomic mass is 127. The van der Waals surface area contributed by atoms with Crippen molar-refractivity contribution in [3.8, 4) is 0 Å². The topological polar surface area (TPSA) is 95.2 Å². The Labute approximate surface area is 82.0 Å². The number of nitrogens with zero attached hydrogens (tertiary/aromatic N) is 1. The molecular weight excluding hydrogens is 273 g/mol. The third-order valence-electron chi connectivity index (χ3n) is 1.35. The summed E-state index contributed by atoms with van der Waals surface area (Å²) >= 11 is 1.84. The smallest absolute Gasteiger partial charge is 0.284 e. The van der Waals surface area contributed by atoms with E-state index < -0.39 is 4.92 Å². The van der Waals surface area contributed by atoms with E-state index in [1.165, 1.54) is 12.1 Å². The van der Waals surface area contributed by atoms with Gasteiger partial charge in [0.15, 0.2) is 0 Å². The van der Waals surface area contributed by atoms with E-state index in [-0.39, 0.29) is 11.4 Å². The van der Waals surface area contributed by atoms with Crippen LogP contribution in [0.1, 0.15) is 0 Å². The number of hydrogen-bond donors (Lipinski definition) is 2. The summed E-state index contributed by atoms with van der Waals surface area (Å²) < 4.78 is 0.490. The van der Waals surface area contributed by atoms with Crippen LogP contribution in [0.15, 0.2) is 12.1 Å². The Hall–Kier alpha value is -1.05. The van der Waals surface area contributed by atoms with Crippen LogP contribution in [-0.2, 0) is 0 Å². The Bertz CT molecular complexity index is 340. The number of anilines is 2. The van der Waals surface area contributed by atoms with Gasteiger partial charge in [0.25, 0.3) is 5.69 Å². The predicted molar refractivity (Wildman–Crippen MR) is 54.6 cm³/mol. The summed E-state index contributed by atoms with van der Waals surface area (Å²) in [7, 11) is 0. The minimum atomic E-state index is -0.489. The van der Waals surface area contributed by atoms with Gasteiger partial charge in [-0.15, -0.1) is 0 Å². The number of nitro groups is 1. The van der Waals surface area contributed by atoms with Crippen LogP contribution in [0.2, 0.25) is 0 Å². The van der Waals surface area contributed by atoms with E-state index in [0.29, 0.717) is 9.26 Å². The minimum Gasteiger partial charge on any atom is -0.397 e. The largest absolute Gasteiger partial charge is 0.397 e. The lowest BCUT2D eigenvalue weighted by atomic mass is 10.2. The normalized spacial score (nSPS) is 9.75. The maximum absolute atomic E-state index is 10.4. The van der Waals surface area contributed by atoms with Crippen LogP contribution in [-0.4, -0.2) is 4.92 Å². The van der Waals surface area contributed by atoms with E-state index in [1.807, 2.05) is 22.6 Å². The summed E-state index contributed by atoms with van der Waals surface area (Å²) in [5.41, 5.74) is 11.4. The Morgan fingerprint density at radius 1 is 1.33 bits per heavy atom. The molecule has 1 aromatic carbocycles. The third-order valence-corrected chi connectivity index (χ3v) is 2.21. The second-order valence-corrected chi connectivity index (χ2v) is 3.35. The molecule has 0 aliphatic rings. The molecule has 1 rings (SSSR count). The maximum atomic E-state index is 10.4. The Morgan fingerprint density at radius 3 is 2.33 bits per heavy atom. The van der Waals surface area contributed by atoms with Crippen molar-refractivity contribution in [2.24, 2.45) is 0 Å². The molecule has 0 saturated heterocycles. The van der Waals surface area contributed by atoms with E-state index >= 15 is 0 Å². The zero-order chi connectivity index (χ0) is 9.30. The van der Waals surface area contributed by atoms with Gasteiger partial charge < -0.3 is 11.5 Å². The molecule has 0 atom stereocenters. The first kappa shape index (κ1) is 9.04. The summed E-state index contributed by atoms with van der Waals surface area (Å²) in [5.74, 6) is 0. The Kier molecular flexibility index (Phi) is 2.36. The molecule has 12 heavy (non-hydrogen) atoms. The van der Waals surface area contributed by atoms with Gasteiger partial charge in [0, 0.05) is 6.07 Å². The highest BCUT2D eigenvalue weighted by Crippen LogP contribution is 2.27. The second kappa shape index (κ2) is 3.13. The molecule has 1 aromatic rings. The molecule has 0 amide bonds. The number of rotatable bonds is 1. The van der Waals surface area contributed by atoms with Gasteiger partial charge in [0.2, 0.25) is 0 Å². The number of benzene rings is 1. The monoisotopic (exact) mass is 279 g/mol. The number of hydrogen-bond acceptors (Lipinski definition) is 4. The predicted octanol–water partition coefficient (Wildman–Crippen LogP) is 1.36. The third kappa shape index (κ3) is 1.58.